The molecular weight excluding hydrogens is 307 g/mol. The van der Waals surface area contributed by atoms with Crippen LogP contribution in [0.15, 0.2) is 23.6 Å². The fourth-order valence-corrected chi connectivity index (χ4v) is 2.47. The predicted molar refractivity (Wildman–Crippen MR) is 74.6 cm³/mol. The topological polar surface area (TPSA) is 65.0 Å². The molecule has 0 saturated heterocycles. The Hall–Kier alpha value is -1.30. The number of aromatic nitrogens is 1. The third kappa shape index (κ3) is 4.09. The molecule has 7 heteroatoms. The molecule has 0 saturated carbocycles. The van der Waals surface area contributed by atoms with Gasteiger partial charge in [0.15, 0.2) is 5.13 Å². The van der Waals surface area contributed by atoms with Crippen LogP contribution in [0.4, 0.5) is 5.13 Å². The standard InChI is InChI=1S/C12H10Cl2N2O2S/c13-9-2-1-7(3-10(9)14)5-15-12-16-8(6-19-12)4-11(17)18/h1-3,6H,4-5H2,(H,15,16)(H,17,18)/p-1. The van der Waals surface area contributed by atoms with E-state index in [0.29, 0.717) is 27.4 Å². The molecule has 0 unspecified atom stereocenters. The van der Waals surface area contributed by atoms with E-state index >= 15 is 0 Å². The first-order valence-electron chi connectivity index (χ1n) is 5.36. The van der Waals surface area contributed by atoms with Crippen LogP contribution in [0.2, 0.25) is 10.0 Å². The van der Waals surface area contributed by atoms with Crippen molar-refractivity contribution >= 4 is 45.6 Å². The number of hydrogen-bond acceptors (Lipinski definition) is 5. The summed E-state index contributed by atoms with van der Waals surface area (Å²) in [6, 6.07) is 5.35. The number of hydrogen-bond donors (Lipinski definition) is 1. The molecule has 0 spiro atoms. The molecule has 0 aliphatic heterocycles. The zero-order valence-corrected chi connectivity index (χ0v) is 12.0. The molecule has 1 N–H and O–H groups in total. The first kappa shape index (κ1) is 14.1. The highest BCUT2D eigenvalue weighted by Gasteiger charge is 2.03. The number of carboxylic acid groups (broad SMARTS) is 1. The largest absolute Gasteiger partial charge is 0.550 e. The molecule has 19 heavy (non-hydrogen) atoms. The van der Waals surface area contributed by atoms with Crippen LogP contribution in [0.5, 0.6) is 0 Å². The molecule has 0 radical (unpaired) electrons. The quantitative estimate of drug-likeness (QED) is 0.919. The van der Waals surface area contributed by atoms with Gasteiger partial charge in [-0.15, -0.1) is 11.3 Å². The van der Waals surface area contributed by atoms with Crippen LogP contribution >= 0.6 is 34.5 Å². The third-order valence-electron chi connectivity index (χ3n) is 2.30. The highest BCUT2D eigenvalue weighted by atomic mass is 35.5. The number of carboxylic acids is 1. The molecule has 2 aromatic rings. The van der Waals surface area contributed by atoms with Crippen LogP contribution in [0.3, 0.4) is 0 Å². The Morgan fingerprint density at radius 1 is 1.37 bits per heavy atom. The Morgan fingerprint density at radius 3 is 2.84 bits per heavy atom. The number of halogens is 2. The van der Waals surface area contributed by atoms with Crippen molar-refractivity contribution in [2.75, 3.05) is 5.32 Å². The van der Waals surface area contributed by atoms with Crippen LogP contribution < -0.4 is 10.4 Å². The van der Waals surface area contributed by atoms with Crippen LogP contribution in [0.1, 0.15) is 11.3 Å². The third-order valence-corrected chi connectivity index (χ3v) is 3.89. The minimum Gasteiger partial charge on any atom is -0.550 e. The molecule has 2 rings (SSSR count). The summed E-state index contributed by atoms with van der Waals surface area (Å²) in [7, 11) is 0. The number of carbonyl (C=O) groups excluding carboxylic acids is 1. The minimum absolute atomic E-state index is 0.176. The first-order chi connectivity index (χ1) is 9.04. The van der Waals surface area contributed by atoms with E-state index in [-0.39, 0.29) is 6.42 Å². The van der Waals surface area contributed by atoms with Crippen molar-refractivity contribution in [1.29, 1.82) is 0 Å². The van der Waals surface area contributed by atoms with Gasteiger partial charge in [-0.2, -0.15) is 0 Å². The Morgan fingerprint density at radius 2 is 2.16 bits per heavy atom. The number of carbonyl (C=O) groups is 1. The summed E-state index contributed by atoms with van der Waals surface area (Å²) in [5, 5.41) is 16.9. The Bertz CT molecular complexity index is 601. The van der Waals surface area contributed by atoms with E-state index in [4.69, 9.17) is 23.2 Å². The van der Waals surface area contributed by atoms with Gasteiger partial charge in [0.2, 0.25) is 0 Å². The molecule has 1 aromatic heterocycles. The zero-order chi connectivity index (χ0) is 13.8. The highest BCUT2D eigenvalue weighted by Crippen LogP contribution is 2.23. The molecule has 0 fully saturated rings. The predicted octanol–water partition coefficient (Wildman–Crippen LogP) is 2.35. The van der Waals surface area contributed by atoms with Gasteiger partial charge < -0.3 is 15.2 Å². The number of rotatable bonds is 5. The molecule has 0 bridgehead atoms. The summed E-state index contributed by atoms with van der Waals surface area (Å²) in [6.45, 7) is 0.537. The SMILES string of the molecule is O=C([O-])Cc1csc(NCc2ccc(Cl)c(Cl)c2)n1. The molecule has 1 heterocycles. The normalized spacial score (nSPS) is 10.4. The van der Waals surface area contributed by atoms with Crippen molar-refractivity contribution in [2.24, 2.45) is 0 Å². The van der Waals surface area contributed by atoms with E-state index in [1.807, 2.05) is 6.07 Å². The lowest BCUT2D eigenvalue weighted by atomic mass is 10.2. The fourth-order valence-electron chi connectivity index (χ4n) is 1.44. The maximum absolute atomic E-state index is 10.4. The van der Waals surface area contributed by atoms with Gasteiger partial charge in [-0.3, -0.25) is 0 Å². The van der Waals surface area contributed by atoms with Crippen molar-refractivity contribution in [3.05, 3.63) is 44.9 Å². The lowest BCUT2D eigenvalue weighted by Gasteiger charge is -2.04. The zero-order valence-electron chi connectivity index (χ0n) is 9.65. The maximum Gasteiger partial charge on any atom is 0.183 e. The van der Waals surface area contributed by atoms with Gasteiger partial charge in [0.25, 0.3) is 0 Å². The number of benzene rings is 1. The van der Waals surface area contributed by atoms with Crippen LogP contribution in [0, 0.1) is 0 Å². The van der Waals surface area contributed by atoms with E-state index in [9.17, 15) is 9.90 Å². The monoisotopic (exact) mass is 315 g/mol. The van der Waals surface area contributed by atoms with Gasteiger partial charge in [0.05, 0.1) is 15.7 Å². The van der Waals surface area contributed by atoms with Crippen molar-refractivity contribution in [3.8, 4) is 0 Å². The minimum atomic E-state index is -1.14. The summed E-state index contributed by atoms with van der Waals surface area (Å²) in [5.74, 6) is -1.14. The van der Waals surface area contributed by atoms with Crippen molar-refractivity contribution in [1.82, 2.24) is 4.98 Å². The van der Waals surface area contributed by atoms with Crippen molar-refractivity contribution < 1.29 is 9.90 Å². The summed E-state index contributed by atoms with van der Waals surface area (Å²) in [6.07, 6.45) is -0.176. The summed E-state index contributed by atoms with van der Waals surface area (Å²) < 4.78 is 0. The second-order valence-corrected chi connectivity index (χ2v) is 5.47. The lowest BCUT2D eigenvalue weighted by Crippen LogP contribution is -2.24. The Balaban J connectivity index is 1.96. The van der Waals surface area contributed by atoms with Crippen LogP contribution in [0.25, 0.3) is 0 Å². The van der Waals surface area contributed by atoms with Gasteiger partial charge in [-0.1, -0.05) is 29.3 Å². The Labute approximate surface area is 124 Å². The number of aliphatic carboxylic acids is 1. The molecule has 0 aliphatic carbocycles. The first-order valence-corrected chi connectivity index (χ1v) is 7.00. The molecule has 100 valence electrons. The van der Waals surface area contributed by atoms with Gasteiger partial charge in [0.1, 0.15) is 0 Å². The van der Waals surface area contributed by atoms with Gasteiger partial charge in [-0.05, 0) is 17.7 Å². The molecule has 1 aromatic carbocycles. The number of nitrogens with zero attached hydrogens (tertiary/aromatic N) is 1. The average Bonchev–Trinajstić information content (AvgIpc) is 2.77. The van der Waals surface area contributed by atoms with Crippen LogP contribution in [-0.4, -0.2) is 11.0 Å². The molecule has 0 atom stereocenters. The highest BCUT2D eigenvalue weighted by molar-refractivity contribution is 7.13. The lowest BCUT2D eigenvalue weighted by molar-refractivity contribution is -0.304. The van der Waals surface area contributed by atoms with Crippen LogP contribution in [-0.2, 0) is 17.8 Å². The summed E-state index contributed by atoms with van der Waals surface area (Å²) >= 11 is 13.1. The van der Waals surface area contributed by atoms with E-state index in [0.717, 1.165) is 5.56 Å². The second kappa shape index (κ2) is 6.23. The van der Waals surface area contributed by atoms with E-state index in [2.05, 4.69) is 10.3 Å². The fraction of sp³-hybridized carbons (Fsp3) is 0.167. The Kier molecular flexibility index (Phi) is 4.63. The van der Waals surface area contributed by atoms with E-state index in [1.165, 1.54) is 11.3 Å². The second-order valence-electron chi connectivity index (χ2n) is 3.79. The molecule has 4 nitrogen and oxygen atoms in total. The molecule has 0 amide bonds. The van der Waals surface area contributed by atoms with Crippen molar-refractivity contribution in [2.45, 2.75) is 13.0 Å². The van der Waals surface area contributed by atoms with Gasteiger partial charge in [-0.25, -0.2) is 4.98 Å². The smallest absolute Gasteiger partial charge is 0.183 e. The maximum atomic E-state index is 10.4. The van der Waals surface area contributed by atoms with Crippen molar-refractivity contribution in [3.63, 3.8) is 0 Å². The summed E-state index contributed by atoms with van der Waals surface area (Å²) in [4.78, 5) is 14.6. The number of anilines is 1. The average molecular weight is 316 g/mol. The summed E-state index contributed by atoms with van der Waals surface area (Å²) in [5.41, 5.74) is 1.45. The van der Waals surface area contributed by atoms with E-state index < -0.39 is 5.97 Å². The number of thiazole rings is 1. The molecule has 0 aliphatic rings. The molecular formula is C12H9Cl2N2O2S-. The van der Waals surface area contributed by atoms with Gasteiger partial charge >= 0.3 is 0 Å². The van der Waals surface area contributed by atoms with Gasteiger partial charge in [0, 0.05) is 24.3 Å². The van der Waals surface area contributed by atoms with E-state index in [1.54, 1.807) is 17.5 Å². The number of nitrogens with one attached hydrogen (secondary N) is 1.